The molecule has 0 aliphatic carbocycles. The smallest absolute Gasteiger partial charge is 0.0537 e. The van der Waals surface area contributed by atoms with E-state index < -0.39 is 0 Å². The molecule has 3 nitrogen and oxygen atoms in total. The maximum absolute atomic E-state index is 5.81. The van der Waals surface area contributed by atoms with Crippen LogP contribution in [0.15, 0.2) is 12.4 Å². The van der Waals surface area contributed by atoms with Crippen LogP contribution in [0.2, 0.25) is 0 Å². The fourth-order valence-electron chi connectivity index (χ4n) is 0.980. The molecule has 0 fully saturated rings. The Balaban J connectivity index is 2.71. The van der Waals surface area contributed by atoms with E-state index in [1.54, 1.807) is 0 Å². The van der Waals surface area contributed by atoms with Crippen molar-refractivity contribution < 1.29 is 0 Å². The van der Waals surface area contributed by atoms with Crippen LogP contribution >= 0.6 is 0 Å². The first-order chi connectivity index (χ1) is 5.27. The number of nitrogens with two attached hydrogens (primary N) is 1. The lowest BCUT2D eigenvalue weighted by atomic mass is 10.1. The zero-order valence-corrected chi connectivity index (χ0v) is 7.12. The van der Waals surface area contributed by atoms with E-state index >= 15 is 0 Å². The first kappa shape index (κ1) is 8.27. The number of aromatic nitrogens is 2. The van der Waals surface area contributed by atoms with Crippen LogP contribution in [-0.2, 0) is 6.54 Å². The van der Waals surface area contributed by atoms with Gasteiger partial charge in [0.05, 0.1) is 6.20 Å². The fraction of sp³-hybridized carbons (Fsp3) is 0.625. The van der Waals surface area contributed by atoms with Gasteiger partial charge in [0.1, 0.15) is 0 Å². The van der Waals surface area contributed by atoms with Crippen LogP contribution in [0.4, 0.5) is 0 Å². The van der Waals surface area contributed by atoms with Crippen molar-refractivity contribution in [1.82, 2.24) is 9.78 Å². The SMILES string of the molecule is CC[C@H](N)c1cnn(CC)c1. The molecule has 11 heavy (non-hydrogen) atoms. The second-order valence-corrected chi connectivity index (χ2v) is 2.64. The van der Waals surface area contributed by atoms with Crippen LogP contribution in [-0.4, -0.2) is 9.78 Å². The summed E-state index contributed by atoms with van der Waals surface area (Å²) in [5, 5.41) is 4.14. The number of aryl methyl sites for hydroxylation is 1. The van der Waals surface area contributed by atoms with Crippen molar-refractivity contribution in [3.8, 4) is 0 Å². The molecule has 3 heteroatoms. The highest BCUT2D eigenvalue weighted by atomic mass is 15.3. The maximum atomic E-state index is 5.81. The second-order valence-electron chi connectivity index (χ2n) is 2.64. The minimum Gasteiger partial charge on any atom is -0.324 e. The zero-order chi connectivity index (χ0) is 8.27. The Morgan fingerprint density at radius 1 is 1.64 bits per heavy atom. The molecular weight excluding hydrogens is 138 g/mol. The summed E-state index contributed by atoms with van der Waals surface area (Å²) in [4.78, 5) is 0. The quantitative estimate of drug-likeness (QED) is 0.711. The van der Waals surface area contributed by atoms with Gasteiger partial charge in [-0.2, -0.15) is 5.10 Å². The first-order valence-corrected chi connectivity index (χ1v) is 4.05. The van der Waals surface area contributed by atoms with Crippen molar-refractivity contribution in [1.29, 1.82) is 0 Å². The van der Waals surface area contributed by atoms with Crippen LogP contribution in [0, 0.1) is 0 Å². The summed E-state index contributed by atoms with van der Waals surface area (Å²) in [6.45, 7) is 5.05. The average molecular weight is 153 g/mol. The van der Waals surface area contributed by atoms with E-state index in [0.717, 1.165) is 18.5 Å². The predicted octanol–water partition coefficient (Wildman–Crippen LogP) is 1.31. The molecular formula is C8H15N3. The van der Waals surface area contributed by atoms with Crippen molar-refractivity contribution in [2.24, 2.45) is 5.73 Å². The number of rotatable bonds is 3. The van der Waals surface area contributed by atoms with Crippen LogP contribution in [0.1, 0.15) is 31.9 Å². The molecule has 2 N–H and O–H groups in total. The Kier molecular flexibility index (Phi) is 2.65. The topological polar surface area (TPSA) is 43.8 Å². The molecule has 1 aromatic heterocycles. The first-order valence-electron chi connectivity index (χ1n) is 4.05. The third-order valence-corrected chi connectivity index (χ3v) is 1.85. The summed E-state index contributed by atoms with van der Waals surface area (Å²) < 4.78 is 1.89. The average Bonchev–Trinajstić information content (AvgIpc) is 2.50. The predicted molar refractivity (Wildman–Crippen MR) is 45.1 cm³/mol. The van der Waals surface area contributed by atoms with E-state index in [2.05, 4.69) is 18.9 Å². The summed E-state index contributed by atoms with van der Waals surface area (Å²) in [5.41, 5.74) is 6.94. The summed E-state index contributed by atoms with van der Waals surface area (Å²) in [7, 11) is 0. The van der Waals surface area contributed by atoms with Gasteiger partial charge in [-0.1, -0.05) is 6.92 Å². The third-order valence-electron chi connectivity index (χ3n) is 1.85. The van der Waals surface area contributed by atoms with E-state index in [1.165, 1.54) is 0 Å². The van der Waals surface area contributed by atoms with Gasteiger partial charge in [0.15, 0.2) is 0 Å². The Morgan fingerprint density at radius 2 is 2.36 bits per heavy atom. The number of hydrogen-bond donors (Lipinski definition) is 1. The van der Waals surface area contributed by atoms with Gasteiger partial charge < -0.3 is 5.73 Å². The molecule has 62 valence electrons. The zero-order valence-electron chi connectivity index (χ0n) is 7.12. The molecule has 0 aromatic carbocycles. The van der Waals surface area contributed by atoms with Crippen LogP contribution in [0.25, 0.3) is 0 Å². The Labute approximate surface area is 67.2 Å². The lowest BCUT2D eigenvalue weighted by Crippen LogP contribution is -2.07. The Morgan fingerprint density at radius 3 is 2.82 bits per heavy atom. The molecule has 0 aliphatic rings. The molecule has 0 radical (unpaired) electrons. The monoisotopic (exact) mass is 153 g/mol. The molecule has 0 saturated carbocycles. The van der Waals surface area contributed by atoms with Crippen molar-refractivity contribution in [3.63, 3.8) is 0 Å². The Bertz CT molecular complexity index is 217. The van der Waals surface area contributed by atoms with E-state index in [-0.39, 0.29) is 6.04 Å². The van der Waals surface area contributed by atoms with Gasteiger partial charge in [0, 0.05) is 24.3 Å². The molecule has 0 spiro atoms. The molecule has 1 rings (SSSR count). The van der Waals surface area contributed by atoms with Gasteiger partial charge in [0.25, 0.3) is 0 Å². The van der Waals surface area contributed by atoms with Gasteiger partial charge in [-0.25, -0.2) is 0 Å². The molecule has 0 amide bonds. The fourth-order valence-corrected chi connectivity index (χ4v) is 0.980. The molecule has 0 saturated heterocycles. The van der Waals surface area contributed by atoms with E-state index in [9.17, 15) is 0 Å². The van der Waals surface area contributed by atoms with Crippen LogP contribution in [0.5, 0.6) is 0 Å². The summed E-state index contributed by atoms with van der Waals surface area (Å²) in [6.07, 6.45) is 4.82. The van der Waals surface area contributed by atoms with Gasteiger partial charge in [-0.05, 0) is 13.3 Å². The normalized spacial score (nSPS) is 13.4. The lowest BCUT2D eigenvalue weighted by Gasteiger charge is -2.03. The summed E-state index contributed by atoms with van der Waals surface area (Å²) >= 11 is 0. The van der Waals surface area contributed by atoms with Gasteiger partial charge in [-0.15, -0.1) is 0 Å². The van der Waals surface area contributed by atoms with E-state index in [1.807, 2.05) is 17.1 Å². The maximum Gasteiger partial charge on any atom is 0.0537 e. The van der Waals surface area contributed by atoms with Crippen LogP contribution in [0.3, 0.4) is 0 Å². The molecule has 1 atom stereocenters. The minimum atomic E-state index is 0.148. The largest absolute Gasteiger partial charge is 0.324 e. The highest BCUT2D eigenvalue weighted by Crippen LogP contribution is 2.11. The highest BCUT2D eigenvalue weighted by molar-refractivity contribution is 5.08. The molecule has 0 aliphatic heterocycles. The molecule has 1 aromatic rings. The highest BCUT2D eigenvalue weighted by Gasteiger charge is 2.04. The standard InChI is InChI=1S/C8H15N3/c1-3-8(9)7-5-10-11(4-2)6-7/h5-6,8H,3-4,9H2,1-2H3/t8-/m0/s1. The van der Waals surface area contributed by atoms with Crippen molar-refractivity contribution in [2.45, 2.75) is 32.9 Å². The van der Waals surface area contributed by atoms with E-state index in [0.29, 0.717) is 0 Å². The van der Waals surface area contributed by atoms with Gasteiger partial charge in [-0.3, -0.25) is 4.68 Å². The van der Waals surface area contributed by atoms with Crippen molar-refractivity contribution in [3.05, 3.63) is 18.0 Å². The summed E-state index contributed by atoms with van der Waals surface area (Å²) in [6, 6.07) is 0.148. The molecule has 0 bridgehead atoms. The lowest BCUT2D eigenvalue weighted by molar-refractivity contribution is 0.654. The van der Waals surface area contributed by atoms with Gasteiger partial charge >= 0.3 is 0 Å². The Hall–Kier alpha value is -0.830. The van der Waals surface area contributed by atoms with Crippen LogP contribution < -0.4 is 5.73 Å². The third kappa shape index (κ3) is 1.80. The molecule has 1 heterocycles. The number of nitrogens with zero attached hydrogens (tertiary/aromatic N) is 2. The van der Waals surface area contributed by atoms with Crippen molar-refractivity contribution in [2.75, 3.05) is 0 Å². The van der Waals surface area contributed by atoms with Gasteiger partial charge in [0.2, 0.25) is 0 Å². The molecule has 0 unspecified atom stereocenters. The summed E-state index contributed by atoms with van der Waals surface area (Å²) in [5.74, 6) is 0. The van der Waals surface area contributed by atoms with E-state index in [4.69, 9.17) is 5.73 Å². The second kappa shape index (κ2) is 3.53. The number of hydrogen-bond acceptors (Lipinski definition) is 2. The minimum absolute atomic E-state index is 0.148. The van der Waals surface area contributed by atoms with Crippen molar-refractivity contribution >= 4 is 0 Å².